The van der Waals surface area contributed by atoms with Crippen molar-refractivity contribution in [3.8, 4) is 11.5 Å². The van der Waals surface area contributed by atoms with E-state index in [1.165, 1.54) is 0 Å². The van der Waals surface area contributed by atoms with E-state index in [2.05, 4.69) is 0 Å². The Hall–Kier alpha value is -1.95. The molecule has 0 spiro atoms. The van der Waals surface area contributed by atoms with Gasteiger partial charge in [0.1, 0.15) is 17.1 Å². The van der Waals surface area contributed by atoms with Crippen LogP contribution in [0, 0.1) is 0 Å². The van der Waals surface area contributed by atoms with Crippen LogP contribution in [-0.2, 0) is 4.74 Å². The van der Waals surface area contributed by atoms with Crippen molar-refractivity contribution < 1.29 is 24.1 Å². The molecule has 1 aromatic carbocycles. The minimum absolute atomic E-state index is 0.117. The number of carbonyl (C=O) groups is 1. The summed E-state index contributed by atoms with van der Waals surface area (Å²) < 4.78 is 16.1. The van der Waals surface area contributed by atoms with Crippen molar-refractivity contribution in [1.82, 2.24) is 4.90 Å². The van der Waals surface area contributed by atoms with Gasteiger partial charge in [-0.15, -0.1) is 0 Å². The third-order valence-corrected chi connectivity index (χ3v) is 4.07. The van der Waals surface area contributed by atoms with E-state index in [9.17, 15) is 9.90 Å². The molecule has 0 unspecified atom stereocenters. The van der Waals surface area contributed by atoms with Gasteiger partial charge in [-0.2, -0.15) is 0 Å². The summed E-state index contributed by atoms with van der Waals surface area (Å²) in [6, 6.07) is 5.54. The average Bonchev–Trinajstić information content (AvgIpc) is 2.52. The molecule has 0 radical (unpaired) electrons. The lowest BCUT2D eigenvalue weighted by molar-refractivity contribution is -0.00171. The van der Waals surface area contributed by atoms with Crippen molar-refractivity contribution in [2.45, 2.75) is 44.8 Å². The van der Waals surface area contributed by atoms with Gasteiger partial charge in [0, 0.05) is 18.0 Å². The van der Waals surface area contributed by atoms with Crippen LogP contribution >= 0.6 is 0 Å². The van der Waals surface area contributed by atoms with Gasteiger partial charge in [0.2, 0.25) is 0 Å². The van der Waals surface area contributed by atoms with Crippen LogP contribution < -0.4 is 9.47 Å². The van der Waals surface area contributed by atoms with Crippen molar-refractivity contribution in [2.75, 3.05) is 27.3 Å². The lowest BCUT2D eigenvalue weighted by Gasteiger charge is -2.37. The first-order chi connectivity index (χ1) is 11.2. The first kappa shape index (κ1) is 18.4. The van der Waals surface area contributed by atoms with E-state index in [0.717, 1.165) is 5.56 Å². The van der Waals surface area contributed by atoms with Gasteiger partial charge in [0.05, 0.1) is 26.9 Å². The molecule has 0 bridgehead atoms. The number of likely N-dealkylation sites (tertiary alicyclic amines) is 1. The SMILES string of the molecule is COc1ccc(OC)c([C@H]2CCN(C(=O)OC(C)(C)C)C[C@H]2O)c1. The molecule has 0 aliphatic carbocycles. The molecule has 1 aliphatic heterocycles. The summed E-state index contributed by atoms with van der Waals surface area (Å²) in [4.78, 5) is 13.7. The number of aliphatic hydroxyl groups is 1. The second kappa shape index (κ2) is 7.30. The number of β-amino-alcohol motifs (C(OH)–C–C–N with tert-alkyl or cyclic N) is 1. The van der Waals surface area contributed by atoms with Gasteiger partial charge in [-0.3, -0.25) is 0 Å². The zero-order valence-corrected chi connectivity index (χ0v) is 15.0. The Kier molecular flexibility index (Phi) is 5.59. The highest BCUT2D eigenvalue weighted by molar-refractivity contribution is 5.68. The Morgan fingerprint density at radius 3 is 2.50 bits per heavy atom. The Balaban J connectivity index is 2.13. The predicted molar refractivity (Wildman–Crippen MR) is 90.7 cm³/mol. The van der Waals surface area contributed by atoms with Crippen LogP contribution in [0.3, 0.4) is 0 Å². The molecule has 0 aromatic heterocycles. The largest absolute Gasteiger partial charge is 0.497 e. The smallest absolute Gasteiger partial charge is 0.410 e. The van der Waals surface area contributed by atoms with Gasteiger partial charge in [-0.1, -0.05) is 0 Å². The van der Waals surface area contributed by atoms with Crippen LogP contribution in [0.5, 0.6) is 11.5 Å². The first-order valence-electron chi connectivity index (χ1n) is 8.13. The highest BCUT2D eigenvalue weighted by Gasteiger charge is 2.34. The lowest BCUT2D eigenvalue weighted by Crippen LogP contribution is -2.47. The predicted octanol–water partition coefficient (Wildman–Crippen LogP) is 2.79. The third kappa shape index (κ3) is 4.32. The second-order valence-electron chi connectivity index (χ2n) is 7.00. The number of aliphatic hydroxyl groups excluding tert-OH is 1. The zero-order valence-electron chi connectivity index (χ0n) is 15.0. The summed E-state index contributed by atoms with van der Waals surface area (Å²) in [6.45, 7) is 6.25. The normalized spacial score (nSPS) is 21.3. The number of hydrogen-bond acceptors (Lipinski definition) is 5. The highest BCUT2D eigenvalue weighted by atomic mass is 16.6. The summed E-state index contributed by atoms with van der Waals surface area (Å²) in [5.41, 5.74) is 0.350. The van der Waals surface area contributed by atoms with Crippen molar-refractivity contribution in [1.29, 1.82) is 0 Å². The van der Waals surface area contributed by atoms with E-state index in [1.807, 2.05) is 39.0 Å². The summed E-state index contributed by atoms with van der Waals surface area (Å²) in [7, 11) is 3.21. The van der Waals surface area contributed by atoms with Crippen molar-refractivity contribution >= 4 is 6.09 Å². The van der Waals surface area contributed by atoms with E-state index in [-0.39, 0.29) is 12.5 Å². The molecule has 6 nitrogen and oxygen atoms in total. The van der Waals surface area contributed by atoms with Gasteiger partial charge in [0.25, 0.3) is 0 Å². The van der Waals surface area contributed by atoms with Gasteiger partial charge in [-0.05, 0) is 45.4 Å². The number of benzene rings is 1. The van der Waals surface area contributed by atoms with E-state index in [0.29, 0.717) is 24.5 Å². The fourth-order valence-electron chi connectivity index (χ4n) is 2.92. The number of rotatable bonds is 3. The Morgan fingerprint density at radius 2 is 1.96 bits per heavy atom. The van der Waals surface area contributed by atoms with Crippen LogP contribution in [-0.4, -0.2) is 55.1 Å². The van der Waals surface area contributed by atoms with Crippen molar-refractivity contribution in [3.63, 3.8) is 0 Å². The maximum absolute atomic E-state index is 12.2. The van der Waals surface area contributed by atoms with Crippen LogP contribution in [0.15, 0.2) is 18.2 Å². The molecule has 1 aliphatic rings. The molecule has 2 atom stereocenters. The number of methoxy groups -OCH3 is 2. The second-order valence-corrected chi connectivity index (χ2v) is 7.00. The first-order valence-corrected chi connectivity index (χ1v) is 8.13. The number of hydrogen-bond donors (Lipinski definition) is 1. The van der Waals surface area contributed by atoms with Crippen LogP contribution in [0.25, 0.3) is 0 Å². The molecule has 6 heteroatoms. The Morgan fingerprint density at radius 1 is 1.25 bits per heavy atom. The zero-order chi connectivity index (χ0) is 17.9. The topological polar surface area (TPSA) is 68.2 Å². The number of carbonyl (C=O) groups excluding carboxylic acids is 1. The number of nitrogens with zero attached hydrogens (tertiary/aromatic N) is 1. The van der Waals surface area contributed by atoms with Crippen molar-refractivity contribution in [3.05, 3.63) is 23.8 Å². The molecule has 1 heterocycles. The maximum Gasteiger partial charge on any atom is 0.410 e. The number of ether oxygens (including phenoxy) is 3. The Labute approximate surface area is 143 Å². The molecule has 1 aromatic rings. The van der Waals surface area contributed by atoms with Gasteiger partial charge < -0.3 is 24.2 Å². The quantitative estimate of drug-likeness (QED) is 0.918. The lowest BCUT2D eigenvalue weighted by atomic mass is 9.86. The molecular weight excluding hydrogens is 310 g/mol. The molecule has 1 saturated heterocycles. The molecule has 1 amide bonds. The Bertz CT molecular complexity index is 581. The summed E-state index contributed by atoms with van der Waals surface area (Å²) in [5, 5.41) is 10.6. The maximum atomic E-state index is 12.2. The average molecular weight is 337 g/mol. The number of amides is 1. The summed E-state index contributed by atoms with van der Waals surface area (Å²) in [6.07, 6.45) is -0.450. The van der Waals surface area contributed by atoms with Crippen LogP contribution in [0.1, 0.15) is 38.7 Å². The van der Waals surface area contributed by atoms with Gasteiger partial charge >= 0.3 is 6.09 Å². The van der Waals surface area contributed by atoms with Crippen molar-refractivity contribution in [2.24, 2.45) is 0 Å². The molecule has 1 N–H and O–H groups in total. The van der Waals surface area contributed by atoms with Gasteiger partial charge in [0.15, 0.2) is 0 Å². The minimum atomic E-state index is -0.688. The van der Waals surface area contributed by atoms with E-state index in [1.54, 1.807) is 19.1 Å². The molecule has 134 valence electrons. The van der Waals surface area contributed by atoms with E-state index < -0.39 is 17.8 Å². The molecule has 0 saturated carbocycles. The third-order valence-electron chi connectivity index (χ3n) is 4.07. The van der Waals surface area contributed by atoms with E-state index >= 15 is 0 Å². The van der Waals surface area contributed by atoms with Gasteiger partial charge in [-0.25, -0.2) is 4.79 Å². The number of piperidine rings is 1. The fourth-order valence-corrected chi connectivity index (χ4v) is 2.92. The molecule has 2 rings (SSSR count). The van der Waals surface area contributed by atoms with E-state index in [4.69, 9.17) is 14.2 Å². The fraction of sp³-hybridized carbons (Fsp3) is 0.611. The molecular formula is C18H27NO5. The summed E-state index contributed by atoms with van der Waals surface area (Å²) in [5.74, 6) is 1.31. The standard InChI is InChI=1S/C18H27NO5/c1-18(2,3)24-17(21)19-9-8-13(15(20)11-19)14-10-12(22-4)6-7-16(14)23-5/h6-7,10,13,15,20H,8-9,11H2,1-5H3/t13-,15-/m1/s1. The summed E-state index contributed by atoms with van der Waals surface area (Å²) >= 11 is 0. The minimum Gasteiger partial charge on any atom is -0.497 e. The molecule has 24 heavy (non-hydrogen) atoms. The van der Waals surface area contributed by atoms with Crippen LogP contribution in [0.2, 0.25) is 0 Å². The monoisotopic (exact) mass is 337 g/mol. The highest BCUT2D eigenvalue weighted by Crippen LogP contribution is 2.37. The molecule has 1 fully saturated rings. The van der Waals surface area contributed by atoms with Crippen LogP contribution in [0.4, 0.5) is 4.79 Å².